The number of nitrogens with one attached hydrogen (secondary N) is 1. The van der Waals surface area contributed by atoms with Gasteiger partial charge in [0.2, 0.25) is 0 Å². The zero-order valence-electron chi connectivity index (χ0n) is 18.1. The Morgan fingerprint density at radius 2 is 1.87 bits per heavy atom. The maximum Gasteiger partial charge on any atom is 0.347 e. The van der Waals surface area contributed by atoms with Gasteiger partial charge in [-0.15, -0.1) is 5.06 Å². The van der Waals surface area contributed by atoms with Crippen LogP contribution in [0.1, 0.15) is 54.7 Å². The molecule has 1 saturated carbocycles. The monoisotopic (exact) mass is 427 g/mol. The van der Waals surface area contributed by atoms with Gasteiger partial charge in [-0.1, -0.05) is 43.2 Å². The number of amides is 1. The average Bonchev–Trinajstić information content (AvgIpc) is 3.28. The number of hydrogen-bond acceptors (Lipinski definition) is 7. The van der Waals surface area contributed by atoms with Crippen LogP contribution in [0.3, 0.4) is 0 Å². The summed E-state index contributed by atoms with van der Waals surface area (Å²) in [6, 6.07) is 10.4. The van der Waals surface area contributed by atoms with E-state index < -0.39 is 17.9 Å². The second-order valence-electron chi connectivity index (χ2n) is 7.76. The van der Waals surface area contributed by atoms with Crippen molar-refractivity contribution in [2.24, 2.45) is 5.92 Å². The van der Waals surface area contributed by atoms with Crippen molar-refractivity contribution in [3.8, 4) is 11.5 Å². The minimum atomic E-state index is -0.942. The van der Waals surface area contributed by atoms with Gasteiger partial charge in [0.05, 0.1) is 13.2 Å². The summed E-state index contributed by atoms with van der Waals surface area (Å²) in [5.74, 6) is -1.16. The molecule has 1 aliphatic carbocycles. The van der Waals surface area contributed by atoms with Crippen molar-refractivity contribution in [1.82, 2.24) is 15.4 Å². The van der Waals surface area contributed by atoms with Crippen molar-refractivity contribution in [2.45, 2.75) is 44.7 Å². The molecule has 8 heteroatoms. The smallest absolute Gasteiger partial charge is 0.347 e. The topological polar surface area (TPSA) is 101 Å². The van der Waals surface area contributed by atoms with Crippen molar-refractivity contribution in [2.75, 3.05) is 14.2 Å². The molecular formula is C23H29N3O5. The summed E-state index contributed by atoms with van der Waals surface area (Å²) in [5, 5.41) is 14.2. The molecule has 1 aliphatic rings. The van der Waals surface area contributed by atoms with Gasteiger partial charge in [-0.25, -0.2) is 9.78 Å². The van der Waals surface area contributed by atoms with E-state index in [2.05, 4.69) is 10.3 Å². The average molecular weight is 428 g/mol. The highest BCUT2D eigenvalue weighted by Gasteiger charge is 2.32. The van der Waals surface area contributed by atoms with Gasteiger partial charge in [0.15, 0.2) is 17.2 Å². The molecule has 2 atom stereocenters. The van der Waals surface area contributed by atoms with Gasteiger partial charge < -0.3 is 20.0 Å². The van der Waals surface area contributed by atoms with Gasteiger partial charge in [0.1, 0.15) is 6.04 Å². The van der Waals surface area contributed by atoms with Crippen LogP contribution >= 0.6 is 0 Å². The molecule has 1 aromatic carbocycles. The Labute approximate surface area is 182 Å². The highest BCUT2D eigenvalue weighted by molar-refractivity contribution is 5.97. The van der Waals surface area contributed by atoms with Gasteiger partial charge in [0, 0.05) is 19.3 Å². The number of carbonyl (C=O) groups is 2. The summed E-state index contributed by atoms with van der Waals surface area (Å²) in [5.41, 5.74) is 0.868. The van der Waals surface area contributed by atoms with Gasteiger partial charge in [0.25, 0.3) is 5.91 Å². The van der Waals surface area contributed by atoms with Gasteiger partial charge in [-0.2, -0.15) is 0 Å². The molecule has 0 bridgehead atoms. The van der Waals surface area contributed by atoms with Crippen LogP contribution in [0.25, 0.3) is 0 Å². The van der Waals surface area contributed by atoms with Crippen LogP contribution in [-0.4, -0.2) is 47.2 Å². The van der Waals surface area contributed by atoms with Crippen molar-refractivity contribution >= 4 is 11.9 Å². The number of pyridine rings is 1. The summed E-state index contributed by atoms with van der Waals surface area (Å²) in [6.45, 7) is 1.53. The number of carbonyl (C=O) groups excluding carboxylic acids is 2. The lowest BCUT2D eigenvalue weighted by Crippen LogP contribution is -2.43. The maximum atomic E-state index is 12.7. The third-order valence-electron chi connectivity index (χ3n) is 5.64. The van der Waals surface area contributed by atoms with E-state index in [0.29, 0.717) is 5.92 Å². The summed E-state index contributed by atoms with van der Waals surface area (Å²) in [7, 11) is 3.12. The van der Waals surface area contributed by atoms with Crippen LogP contribution in [0.4, 0.5) is 0 Å². The third-order valence-corrected chi connectivity index (χ3v) is 5.64. The standard InChI is InChI=1S/C23H29N3O5/c1-15(25-22(28)19-21(27)18(30-3)13-14-24-19)23(29)31-26(2)20(17-11-7-8-12-17)16-9-5-4-6-10-16/h4-6,9-10,13-15,17,20,27H,7-8,11-12H2,1-3H3,(H,25,28)/t15-,20?/m0/s1. The molecule has 1 unspecified atom stereocenters. The van der Waals surface area contributed by atoms with Crippen LogP contribution in [0.15, 0.2) is 42.6 Å². The lowest BCUT2D eigenvalue weighted by Gasteiger charge is -2.32. The summed E-state index contributed by atoms with van der Waals surface area (Å²) in [6.07, 6.45) is 5.83. The molecule has 2 aromatic rings. The Morgan fingerprint density at radius 3 is 2.52 bits per heavy atom. The molecule has 8 nitrogen and oxygen atoms in total. The number of nitrogens with zero attached hydrogens (tertiary/aromatic N) is 2. The minimum Gasteiger partial charge on any atom is -0.503 e. The fourth-order valence-corrected chi connectivity index (χ4v) is 4.07. The summed E-state index contributed by atoms with van der Waals surface area (Å²) in [4.78, 5) is 34.7. The summed E-state index contributed by atoms with van der Waals surface area (Å²) >= 11 is 0. The molecule has 3 rings (SSSR count). The van der Waals surface area contributed by atoms with Crippen LogP contribution < -0.4 is 10.1 Å². The van der Waals surface area contributed by atoms with E-state index in [9.17, 15) is 14.7 Å². The fourth-order valence-electron chi connectivity index (χ4n) is 4.07. The lowest BCUT2D eigenvalue weighted by molar-refractivity contribution is -0.201. The first-order valence-corrected chi connectivity index (χ1v) is 10.4. The second-order valence-corrected chi connectivity index (χ2v) is 7.76. The van der Waals surface area contributed by atoms with Crippen molar-refractivity contribution in [3.05, 3.63) is 53.9 Å². The number of aromatic hydroxyl groups is 1. The second kappa shape index (κ2) is 10.3. The first-order valence-electron chi connectivity index (χ1n) is 10.4. The lowest BCUT2D eigenvalue weighted by atomic mass is 9.91. The van der Waals surface area contributed by atoms with Crippen LogP contribution in [0, 0.1) is 5.92 Å². The number of hydrogen-bond donors (Lipinski definition) is 2. The van der Waals surface area contributed by atoms with Gasteiger partial charge in [-0.3, -0.25) is 4.79 Å². The first kappa shape index (κ1) is 22.6. The third kappa shape index (κ3) is 5.32. The molecule has 1 amide bonds. The minimum absolute atomic E-state index is 0.0559. The molecule has 2 N–H and O–H groups in total. The van der Waals surface area contributed by atoms with E-state index in [4.69, 9.17) is 9.57 Å². The molecule has 0 spiro atoms. The SMILES string of the molecule is COc1ccnc(C(=O)N[C@@H](C)C(=O)ON(C)C(c2ccccc2)C2CCCC2)c1O. The Morgan fingerprint density at radius 1 is 1.19 bits per heavy atom. The predicted molar refractivity (Wildman–Crippen MR) is 114 cm³/mol. The largest absolute Gasteiger partial charge is 0.503 e. The molecule has 0 radical (unpaired) electrons. The quantitative estimate of drug-likeness (QED) is 0.624. The van der Waals surface area contributed by atoms with E-state index in [1.807, 2.05) is 30.3 Å². The van der Waals surface area contributed by atoms with E-state index in [1.165, 1.54) is 39.1 Å². The molecule has 1 fully saturated rings. The predicted octanol–water partition coefficient (Wildman–Crippen LogP) is 3.24. The molecule has 1 heterocycles. The molecule has 31 heavy (non-hydrogen) atoms. The van der Waals surface area contributed by atoms with Crippen LogP contribution in [0.2, 0.25) is 0 Å². The van der Waals surface area contributed by atoms with Gasteiger partial charge >= 0.3 is 5.97 Å². The molecular weight excluding hydrogens is 398 g/mol. The number of rotatable bonds is 8. The number of hydroxylamine groups is 2. The Balaban J connectivity index is 1.67. The van der Waals surface area contributed by atoms with E-state index in [0.717, 1.165) is 18.4 Å². The highest BCUT2D eigenvalue weighted by atomic mass is 16.7. The van der Waals surface area contributed by atoms with E-state index >= 15 is 0 Å². The van der Waals surface area contributed by atoms with E-state index in [1.54, 1.807) is 12.1 Å². The number of aromatic nitrogens is 1. The molecule has 0 saturated heterocycles. The zero-order valence-corrected chi connectivity index (χ0v) is 18.1. The number of ether oxygens (including phenoxy) is 1. The Bertz CT molecular complexity index is 899. The first-order chi connectivity index (χ1) is 14.9. The van der Waals surface area contributed by atoms with E-state index in [-0.39, 0.29) is 23.2 Å². The number of benzene rings is 1. The number of methoxy groups -OCH3 is 1. The normalized spacial score (nSPS) is 16.0. The Kier molecular flexibility index (Phi) is 7.46. The Hall–Kier alpha value is -3.13. The van der Waals surface area contributed by atoms with Crippen molar-refractivity contribution in [1.29, 1.82) is 0 Å². The molecule has 1 aromatic heterocycles. The van der Waals surface area contributed by atoms with Crippen LogP contribution in [-0.2, 0) is 9.63 Å². The van der Waals surface area contributed by atoms with Crippen molar-refractivity contribution < 1.29 is 24.3 Å². The maximum absolute atomic E-state index is 12.7. The summed E-state index contributed by atoms with van der Waals surface area (Å²) < 4.78 is 4.99. The van der Waals surface area contributed by atoms with Crippen molar-refractivity contribution in [3.63, 3.8) is 0 Å². The highest BCUT2D eigenvalue weighted by Crippen LogP contribution is 2.39. The molecule has 166 valence electrons. The van der Waals surface area contributed by atoms with Crippen LogP contribution in [0.5, 0.6) is 11.5 Å². The zero-order chi connectivity index (χ0) is 22.4. The molecule has 0 aliphatic heterocycles. The fraction of sp³-hybridized carbons (Fsp3) is 0.435. The van der Waals surface area contributed by atoms with Gasteiger partial charge in [-0.05, 0) is 31.2 Å².